The van der Waals surface area contributed by atoms with Crippen LogP contribution in [0, 0.1) is 19.8 Å². The zero-order valence-electron chi connectivity index (χ0n) is 18.6. The fraction of sp³-hybridized carbons (Fsp3) is 0.348. The highest BCUT2D eigenvalue weighted by Crippen LogP contribution is 2.44. The number of aryl methyl sites for hydroxylation is 2. The van der Waals surface area contributed by atoms with Crippen LogP contribution in [0.25, 0.3) is 22.2 Å². The molecule has 0 spiro atoms. The molecule has 0 radical (unpaired) electrons. The molecule has 1 fully saturated rings. The van der Waals surface area contributed by atoms with Crippen molar-refractivity contribution in [1.82, 2.24) is 24.7 Å². The fourth-order valence-corrected chi connectivity index (χ4v) is 4.39. The molecule has 3 unspecified atom stereocenters. The van der Waals surface area contributed by atoms with E-state index < -0.39 is 0 Å². The van der Waals surface area contributed by atoms with E-state index in [1.807, 2.05) is 42.7 Å². The van der Waals surface area contributed by atoms with Gasteiger partial charge in [-0.25, -0.2) is 9.97 Å². The molecule has 1 saturated carbocycles. The van der Waals surface area contributed by atoms with Crippen molar-refractivity contribution in [2.75, 3.05) is 17.7 Å². The lowest BCUT2D eigenvalue weighted by atomic mass is 10.0. The average Bonchev–Trinajstić information content (AvgIpc) is 3.44. The molecule has 33 heavy (non-hydrogen) atoms. The van der Waals surface area contributed by atoms with Crippen molar-refractivity contribution in [1.29, 1.82) is 0 Å². The van der Waals surface area contributed by atoms with Gasteiger partial charge < -0.3 is 25.1 Å². The number of nitrogens with zero attached hydrogens (tertiary/aromatic N) is 5. The van der Waals surface area contributed by atoms with E-state index >= 15 is 0 Å². The minimum atomic E-state index is -0.320. The molecule has 1 aliphatic rings. The molecule has 170 valence electrons. The van der Waals surface area contributed by atoms with Crippen molar-refractivity contribution in [3.63, 3.8) is 0 Å². The van der Waals surface area contributed by atoms with Crippen LogP contribution in [0.4, 0.5) is 11.6 Å². The van der Waals surface area contributed by atoms with E-state index in [1.165, 1.54) is 6.33 Å². The Bertz CT molecular complexity index is 1410. The van der Waals surface area contributed by atoms with Gasteiger partial charge in [-0.05, 0) is 37.3 Å². The standard InChI is InChI=1S/C23H25N7O3/c1-11-5-4-6-14-7-16(30(23(32)18(11)14)17-8-15(17)9-31)12(2)27-21-19(20(24)25-10-26-21)22-29-28-13(3)33-22/h4-7,10,12,15,17,31H,8-9H2,1-3H3,(H3,24,25,26,27). The van der Waals surface area contributed by atoms with Crippen molar-refractivity contribution in [2.24, 2.45) is 5.92 Å². The summed E-state index contributed by atoms with van der Waals surface area (Å²) in [5.74, 6) is 1.32. The highest BCUT2D eigenvalue weighted by Gasteiger charge is 2.40. The Morgan fingerprint density at radius 1 is 1.30 bits per heavy atom. The summed E-state index contributed by atoms with van der Waals surface area (Å²) in [6.07, 6.45) is 2.12. The van der Waals surface area contributed by atoms with Crippen LogP contribution >= 0.6 is 0 Å². The molecule has 0 amide bonds. The summed E-state index contributed by atoms with van der Waals surface area (Å²) in [4.78, 5) is 22.0. The van der Waals surface area contributed by atoms with E-state index in [2.05, 4.69) is 25.5 Å². The van der Waals surface area contributed by atoms with E-state index in [0.717, 1.165) is 23.1 Å². The first-order valence-corrected chi connectivity index (χ1v) is 10.8. The molecule has 4 N–H and O–H groups in total. The summed E-state index contributed by atoms with van der Waals surface area (Å²) in [6, 6.07) is 7.48. The van der Waals surface area contributed by atoms with Crippen molar-refractivity contribution in [2.45, 2.75) is 39.3 Å². The molecule has 0 bridgehead atoms. The zero-order chi connectivity index (χ0) is 23.3. The predicted octanol–water partition coefficient (Wildman–Crippen LogP) is 2.77. The summed E-state index contributed by atoms with van der Waals surface area (Å²) < 4.78 is 7.38. The van der Waals surface area contributed by atoms with Crippen LogP contribution in [0.3, 0.4) is 0 Å². The monoisotopic (exact) mass is 447 g/mol. The first-order chi connectivity index (χ1) is 15.9. The number of aliphatic hydroxyl groups excluding tert-OH is 1. The van der Waals surface area contributed by atoms with E-state index in [4.69, 9.17) is 10.2 Å². The van der Waals surface area contributed by atoms with Crippen LogP contribution in [-0.4, -0.2) is 36.4 Å². The highest BCUT2D eigenvalue weighted by molar-refractivity contribution is 5.85. The molecule has 4 aromatic rings. The molecule has 3 atom stereocenters. The fourth-order valence-electron chi connectivity index (χ4n) is 4.39. The summed E-state index contributed by atoms with van der Waals surface area (Å²) in [5.41, 5.74) is 8.20. The first kappa shape index (κ1) is 21.1. The number of anilines is 2. The molecular formula is C23H25N7O3. The molecule has 1 aromatic carbocycles. The lowest BCUT2D eigenvalue weighted by Crippen LogP contribution is -2.27. The number of benzene rings is 1. The molecule has 1 aliphatic carbocycles. The quantitative estimate of drug-likeness (QED) is 0.406. The number of aliphatic hydroxyl groups is 1. The maximum absolute atomic E-state index is 13.6. The SMILES string of the molecule is Cc1nnc(-c2c(N)ncnc2NC(C)c2cc3cccc(C)c3c(=O)n2C2CC2CO)o1. The van der Waals surface area contributed by atoms with Gasteiger partial charge in [0, 0.05) is 31.2 Å². The van der Waals surface area contributed by atoms with Crippen LogP contribution in [0.1, 0.15) is 42.6 Å². The molecule has 10 heteroatoms. The van der Waals surface area contributed by atoms with E-state index in [1.54, 1.807) is 6.92 Å². The number of aromatic nitrogens is 5. The number of rotatable bonds is 6. The smallest absolute Gasteiger partial charge is 0.259 e. The van der Waals surface area contributed by atoms with Gasteiger partial charge in [0.2, 0.25) is 5.89 Å². The Labute approximate surface area is 189 Å². The van der Waals surface area contributed by atoms with Gasteiger partial charge in [0.15, 0.2) is 0 Å². The van der Waals surface area contributed by atoms with Gasteiger partial charge in [-0.1, -0.05) is 18.2 Å². The summed E-state index contributed by atoms with van der Waals surface area (Å²) in [5, 5.41) is 22.5. The Balaban J connectivity index is 1.62. The third-order valence-electron chi connectivity index (χ3n) is 6.18. The molecule has 5 rings (SSSR count). The second-order valence-corrected chi connectivity index (χ2v) is 8.50. The summed E-state index contributed by atoms with van der Waals surface area (Å²) in [6.45, 7) is 5.63. The van der Waals surface area contributed by atoms with Gasteiger partial charge in [-0.2, -0.15) is 0 Å². The van der Waals surface area contributed by atoms with Gasteiger partial charge in [0.05, 0.1) is 11.4 Å². The minimum Gasteiger partial charge on any atom is -0.421 e. The highest BCUT2D eigenvalue weighted by atomic mass is 16.4. The number of fused-ring (bicyclic) bond motifs is 1. The van der Waals surface area contributed by atoms with E-state index in [-0.39, 0.29) is 41.9 Å². The van der Waals surface area contributed by atoms with Gasteiger partial charge >= 0.3 is 0 Å². The maximum atomic E-state index is 13.6. The van der Waals surface area contributed by atoms with Crippen LogP contribution in [0.2, 0.25) is 0 Å². The maximum Gasteiger partial charge on any atom is 0.259 e. The topological polar surface area (TPSA) is 145 Å². The Morgan fingerprint density at radius 3 is 2.82 bits per heavy atom. The Hall–Kier alpha value is -3.79. The first-order valence-electron chi connectivity index (χ1n) is 10.8. The van der Waals surface area contributed by atoms with Gasteiger partial charge in [0.1, 0.15) is 23.5 Å². The number of nitrogens with one attached hydrogen (secondary N) is 1. The molecule has 0 saturated heterocycles. The second-order valence-electron chi connectivity index (χ2n) is 8.50. The lowest BCUT2D eigenvalue weighted by Gasteiger charge is -2.22. The Morgan fingerprint density at radius 2 is 2.12 bits per heavy atom. The normalized spacial score (nSPS) is 18.4. The molecule has 0 aliphatic heterocycles. The van der Waals surface area contributed by atoms with Gasteiger partial charge in [-0.3, -0.25) is 4.79 Å². The number of hydrogen-bond acceptors (Lipinski definition) is 9. The van der Waals surface area contributed by atoms with Gasteiger partial charge in [-0.15, -0.1) is 10.2 Å². The number of nitrogen functional groups attached to an aromatic ring is 1. The third-order valence-corrected chi connectivity index (χ3v) is 6.18. The molecule has 3 aromatic heterocycles. The van der Waals surface area contributed by atoms with E-state index in [0.29, 0.717) is 22.7 Å². The number of hydrogen-bond donors (Lipinski definition) is 3. The summed E-state index contributed by atoms with van der Waals surface area (Å²) >= 11 is 0. The third kappa shape index (κ3) is 3.62. The minimum absolute atomic E-state index is 0.0423. The average molecular weight is 447 g/mol. The van der Waals surface area contributed by atoms with Crippen molar-refractivity contribution in [3.8, 4) is 11.5 Å². The van der Waals surface area contributed by atoms with E-state index in [9.17, 15) is 9.90 Å². The molecule has 10 nitrogen and oxygen atoms in total. The van der Waals surface area contributed by atoms with Crippen molar-refractivity contribution >= 4 is 22.4 Å². The van der Waals surface area contributed by atoms with Crippen LogP contribution in [0.15, 0.2) is 39.8 Å². The largest absolute Gasteiger partial charge is 0.421 e. The second kappa shape index (κ2) is 7.96. The summed E-state index contributed by atoms with van der Waals surface area (Å²) in [7, 11) is 0. The van der Waals surface area contributed by atoms with Crippen molar-refractivity contribution in [3.05, 3.63) is 58.1 Å². The van der Waals surface area contributed by atoms with Crippen LogP contribution < -0.4 is 16.6 Å². The van der Waals surface area contributed by atoms with Crippen LogP contribution in [-0.2, 0) is 0 Å². The van der Waals surface area contributed by atoms with Crippen molar-refractivity contribution < 1.29 is 9.52 Å². The Kier molecular flexibility index (Phi) is 5.09. The lowest BCUT2D eigenvalue weighted by molar-refractivity contribution is 0.268. The van der Waals surface area contributed by atoms with Gasteiger partial charge in [0.25, 0.3) is 11.4 Å². The number of pyridine rings is 1. The molecule has 3 heterocycles. The van der Waals surface area contributed by atoms with Crippen LogP contribution in [0.5, 0.6) is 0 Å². The predicted molar refractivity (Wildman–Crippen MR) is 124 cm³/mol. The number of nitrogens with two attached hydrogens (primary N) is 1. The molecular weight excluding hydrogens is 422 g/mol. The zero-order valence-corrected chi connectivity index (χ0v) is 18.6.